The minimum atomic E-state index is -0.334. The average Bonchev–Trinajstić information content (AvgIpc) is 3.24. The molecule has 0 bridgehead atoms. The maximum atomic E-state index is 13.3. The standard InChI is InChI=1S/C35H40N4O3/c1-22-16-23(2)18-28(17-22)34-24(3)39(35(40)42-34)21-31-29(11-13-33(37-31)38-14-5-15-38)30-19-27(10-12-32(30)41-4)26-8-6-25(20-36)7-9-26/h10-13,16-19,24-26,34H,5-9,14-15,21H2,1-4H3/t24-,25?,26?,34-/m0/s1. The first-order chi connectivity index (χ1) is 20.3. The van der Waals surface area contributed by atoms with Crippen molar-refractivity contribution in [3.05, 3.63) is 76.5 Å². The third kappa shape index (κ3) is 5.43. The Bertz CT molecular complexity index is 1500. The molecule has 6 rings (SSSR count). The Morgan fingerprint density at radius 3 is 2.36 bits per heavy atom. The Balaban J connectivity index is 1.35. The van der Waals surface area contributed by atoms with E-state index in [0.717, 1.165) is 90.3 Å². The van der Waals surface area contributed by atoms with Gasteiger partial charge in [-0.1, -0.05) is 35.4 Å². The van der Waals surface area contributed by atoms with Crippen LogP contribution in [-0.2, 0) is 11.3 Å². The van der Waals surface area contributed by atoms with Crippen LogP contribution in [0.1, 0.15) is 79.0 Å². The molecule has 0 unspecified atom stereocenters. The van der Waals surface area contributed by atoms with Crippen molar-refractivity contribution in [1.29, 1.82) is 5.26 Å². The second kappa shape index (κ2) is 11.7. The number of ether oxygens (including phenoxy) is 2. The van der Waals surface area contributed by atoms with Crippen LogP contribution in [0.5, 0.6) is 5.75 Å². The summed E-state index contributed by atoms with van der Waals surface area (Å²) >= 11 is 0. The number of hydrogen-bond donors (Lipinski definition) is 0. The van der Waals surface area contributed by atoms with E-state index in [1.807, 2.05) is 4.90 Å². The van der Waals surface area contributed by atoms with E-state index in [2.05, 4.69) is 80.3 Å². The molecular weight excluding hydrogens is 524 g/mol. The normalized spacial score (nSPS) is 23.7. The highest BCUT2D eigenvalue weighted by Crippen LogP contribution is 2.42. The van der Waals surface area contributed by atoms with Gasteiger partial charge in [-0.15, -0.1) is 0 Å². The van der Waals surface area contributed by atoms with Gasteiger partial charge in [-0.3, -0.25) is 4.90 Å². The molecule has 7 heteroatoms. The number of aromatic nitrogens is 1. The zero-order valence-electron chi connectivity index (χ0n) is 25.1. The summed E-state index contributed by atoms with van der Waals surface area (Å²) in [6.07, 6.45) is 4.42. The molecule has 1 amide bonds. The third-order valence-electron chi connectivity index (χ3n) is 9.32. The second-order valence-electron chi connectivity index (χ2n) is 12.2. The van der Waals surface area contributed by atoms with Crippen LogP contribution in [0.25, 0.3) is 11.1 Å². The van der Waals surface area contributed by atoms with Gasteiger partial charge in [0.25, 0.3) is 0 Å². The van der Waals surface area contributed by atoms with Gasteiger partial charge in [0.2, 0.25) is 0 Å². The predicted molar refractivity (Wildman–Crippen MR) is 164 cm³/mol. The van der Waals surface area contributed by atoms with E-state index in [9.17, 15) is 10.1 Å². The number of pyridine rings is 1. The number of aryl methyl sites for hydroxylation is 2. The van der Waals surface area contributed by atoms with Crippen molar-refractivity contribution in [3.8, 4) is 22.9 Å². The number of nitrogens with zero attached hydrogens (tertiary/aromatic N) is 4. The lowest BCUT2D eigenvalue weighted by molar-refractivity contribution is 0.130. The van der Waals surface area contributed by atoms with Crippen LogP contribution in [0.15, 0.2) is 48.5 Å². The van der Waals surface area contributed by atoms with Gasteiger partial charge in [0.1, 0.15) is 17.7 Å². The van der Waals surface area contributed by atoms with Gasteiger partial charge in [-0.25, -0.2) is 9.78 Å². The molecule has 2 aliphatic heterocycles. The van der Waals surface area contributed by atoms with Crippen LogP contribution < -0.4 is 9.64 Å². The van der Waals surface area contributed by atoms with Gasteiger partial charge in [0.15, 0.2) is 0 Å². The van der Waals surface area contributed by atoms with Gasteiger partial charge in [0, 0.05) is 30.1 Å². The summed E-state index contributed by atoms with van der Waals surface area (Å²) in [4.78, 5) is 22.6. The number of anilines is 1. The van der Waals surface area contributed by atoms with Gasteiger partial charge in [-0.05, 0) is 94.2 Å². The molecule has 1 aliphatic carbocycles. The minimum absolute atomic E-state index is 0.149. The van der Waals surface area contributed by atoms with E-state index < -0.39 is 0 Å². The second-order valence-corrected chi connectivity index (χ2v) is 12.2. The molecular formula is C35H40N4O3. The molecule has 2 aromatic carbocycles. The first-order valence-corrected chi connectivity index (χ1v) is 15.2. The molecule has 218 valence electrons. The van der Waals surface area contributed by atoms with Crippen molar-refractivity contribution in [1.82, 2.24) is 9.88 Å². The highest BCUT2D eigenvalue weighted by molar-refractivity contribution is 5.76. The summed E-state index contributed by atoms with van der Waals surface area (Å²) in [6.45, 7) is 8.54. The van der Waals surface area contributed by atoms with E-state index in [1.54, 1.807) is 7.11 Å². The first-order valence-electron chi connectivity index (χ1n) is 15.2. The lowest BCUT2D eigenvalue weighted by Crippen LogP contribution is -2.38. The third-order valence-corrected chi connectivity index (χ3v) is 9.32. The monoisotopic (exact) mass is 564 g/mol. The lowest BCUT2D eigenvalue weighted by Gasteiger charge is -2.33. The molecule has 3 aromatic rings. The average molecular weight is 565 g/mol. The Morgan fingerprint density at radius 1 is 0.976 bits per heavy atom. The van der Waals surface area contributed by atoms with Crippen LogP contribution in [0.3, 0.4) is 0 Å². The SMILES string of the molecule is COc1ccc(C2CCC(C#N)CC2)cc1-c1ccc(N2CCC2)nc1CN1C(=O)O[C@H](c2cc(C)cc(C)c2)[C@@H]1C. The maximum Gasteiger partial charge on any atom is 0.411 e. The van der Waals surface area contributed by atoms with Gasteiger partial charge in [0.05, 0.1) is 31.5 Å². The summed E-state index contributed by atoms with van der Waals surface area (Å²) in [5.74, 6) is 2.31. The molecule has 1 aromatic heterocycles. The number of methoxy groups -OCH3 is 1. The number of amides is 1. The largest absolute Gasteiger partial charge is 0.496 e. The van der Waals surface area contributed by atoms with Crippen LogP contribution in [0.2, 0.25) is 0 Å². The van der Waals surface area contributed by atoms with Crippen molar-refractivity contribution >= 4 is 11.9 Å². The van der Waals surface area contributed by atoms with E-state index in [4.69, 9.17) is 14.5 Å². The van der Waals surface area contributed by atoms with E-state index in [0.29, 0.717) is 12.5 Å². The smallest absolute Gasteiger partial charge is 0.411 e. The Kier molecular flexibility index (Phi) is 7.81. The molecule has 1 saturated carbocycles. The zero-order valence-corrected chi connectivity index (χ0v) is 25.1. The molecule has 0 spiro atoms. The summed E-state index contributed by atoms with van der Waals surface area (Å²) in [6, 6.07) is 19.3. The molecule has 3 fully saturated rings. The number of nitriles is 1. The fourth-order valence-electron chi connectivity index (χ4n) is 6.82. The quantitative estimate of drug-likeness (QED) is 0.296. The first kappa shape index (κ1) is 28.1. The minimum Gasteiger partial charge on any atom is -0.496 e. The van der Waals surface area contributed by atoms with Crippen molar-refractivity contribution in [2.75, 3.05) is 25.1 Å². The molecule has 3 heterocycles. The molecule has 2 atom stereocenters. The molecule has 0 radical (unpaired) electrons. The van der Waals surface area contributed by atoms with E-state index in [1.165, 1.54) is 5.56 Å². The van der Waals surface area contributed by atoms with Gasteiger partial charge < -0.3 is 14.4 Å². The number of carbonyl (C=O) groups excluding carboxylic acids is 1. The predicted octanol–water partition coefficient (Wildman–Crippen LogP) is 7.46. The Morgan fingerprint density at radius 2 is 1.71 bits per heavy atom. The maximum absolute atomic E-state index is 13.3. The number of rotatable bonds is 7. The number of benzene rings is 2. The fraction of sp³-hybridized carbons (Fsp3) is 0.457. The van der Waals surface area contributed by atoms with Crippen LogP contribution in [0, 0.1) is 31.1 Å². The van der Waals surface area contributed by atoms with Crippen LogP contribution in [-0.4, -0.2) is 42.2 Å². The number of hydrogen-bond acceptors (Lipinski definition) is 6. The zero-order chi connectivity index (χ0) is 29.4. The molecule has 42 heavy (non-hydrogen) atoms. The Labute approximate surface area is 249 Å². The summed E-state index contributed by atoms with van der Waals surface area (Å²) in [5.41, 5.74) is 7.41. The van der Waals surface area contributed by atoms with Crippen LogP contribution in [0.4, 0.5) is 10.6 Å². The highest BCUT2D eigenvalue weighted by atomic mass is 16.6. The topological polar surface area (TPSA) is 78.7 Å². The van der Waals surface area contributed by atoms with Crippen molar-refractivity contribution in [2.24, 2.45) is 5.92 Å². The van der Waals surface area contributed by atoms with E-state index in [-0.39, 0.29) is 24.2 Å². The van der Waals surface area contributed by atoms with Gasteiger partial charge in [-0.2, -0.15) is 5.26 Å². The van der Waals surface area contributed by atoms with Crippen molar-refractivity contribution in [3.63, 3.8) is 0 Å². The summed E-state index contributed by atoms with van der Waals surface area (Å²) in [5, 5.41) is 9.37. The molecule has 2 saturated heterocycles. The van der Waals surface area contributed by atoms with Crippen molar-refractivity contribution < 1.29 is 14.3 Å². The Hall–Kier alpha value is -4.05. The van der Waals surface area contributed by atoms with Gasteiger partial charge >= 0.3 is 6.09 Å². The lowest BCUT2D eigenvalue weighted by atomic mass is 9.78. The highest BCUT2D eigenvalue weighted by Gasteiger charge is 2.40. The molecule has 0 N–H and O–H groups in total. The van der Waals surface area contributed by atoms with Crippen molar-refractivity contribution in [2.45, 2.75) is 77.5 Å². The summed E-state index contributed by atoms with van der Waals surface area (Å²) < 4.78 is 11.8. The fourth-order valence-corrected chi connectivity index (χ4v) is 6.82. The van der Waals surface area contributed by atoms with E-state index >= 15 is 0 Å². The summed E-state index contributed by atoms with van der Waals surface area (Å²) in [7, 11) is 1.70. The molecule has 3 aliphatic rings. The number of cyclic esters (lactones) is 1. The molecule has 7 nitrogen and oxygen atoms in total. The number of carbonyl (C=O) groups is 1. The van der Waals surface area contributed by atoms with Crippen LogP contribution >= 0.6 is 0 Å².